The lowest BCUT2D eigenvalue weighted by Gasteiger charge is -2.15. The second-order valence-electron chi connectivity index (χ2n) is 4.45. The van der Waals surface area contributed by atoms with E-state index in [2.05, 4.69) is 4.98 Å². The Morgan fingerprint density at radius 2 is 1.68 bits per heavy atom. The summed E-state index contributed by atoms with van der Waals surface area (Å²) in [5.74, 6) is 0. The fourth-order valence-corrected chi connectivity index (χ4v) is 2.29. The van der Waals surface area contributed by atoms with Crippen LogP contribution in [0, 0.1) is 0 Å². The van der Waals surface area contributed by atoms with Crippen molar-refractivity contribution in [2.45, 2.75) is 6.10 Å². The molecule has 1 aromatic heterocycles. The van der Waals surface area contributed by atoms with Gasteiger partial charge >= 0.3 is 0 Å². The predicted octanol–water partition coefficient (Wildman–Crippen LogP) is 2.90. The highest BCUT2D eigenvalue weighted by Gasteiger charge is 2.15. The maximum atomic E-state index is 10.6. The van der Waals surface area contributed by atoms with Crippen LogP contribution in [-0.4, -0.2) is 10.1 Å². The largest absolute Gasteiger partial charge is 0.398 e. The van der Waals surface area contributed by atoms with Crippen LogP contribution in [0.1, 0.15) is 17.2 Å². The highest BCUT2D eigenvalue weighted by atomic mass is 16.3. The molecule has 0 aliphatic carbocycles. The lowest BCUT2D eigenvalue weighted by atomic mass is 9.96. The van der Waals surface area contributed by atoms with Crippen LogP contribution in [0.15, 0.2) is 60.8 Å². The van der Waals surface area contributed by atoms with E-state index in [1.807, 2.05) is 48.5 Å². The molecule has 0 saturated carbocycles. The molecule has 1 unspecified atom stereocenters. The number of fused-ring (bicyclic) bond motifs is 1. The molecule has 0 spiro atoms. The smallest absolute Gasteiger partial charge is 0.107 e. The average molecular weight is 250 g/mol. The van der Waals surface area contributed by atoms with Crippen molar-refractivity contribution in [2.24, 2.45) is 0 Å². The number of hydrogen-bond acceptors (Lipinski definition) is 3. The van der Waals surface area contributed by atoms with Gasteiger partial charge < -0.3 is 10.8 Å². The zero-order valence-corrected chi connectivity index (χ0v) is 10.3. The maximum Gasteiger partial charge on any atom is 0.107 e. The fraction of sp³-hybridized carbons (Fsp3) is 0.0625. The minimum atomic E-state index is -0.742. The van der Waals surface area contributed by atoms with Crippen molar-refractivity contribution >= 4 is 16.6 Å². The summed E-state index contributed by atoms with van der Waals surface area (Å²) in [6.07, 6.45) is 1.00. The topological polar surface area (TPSA) is 59.1 Å². The van der Waals surface area contributed by atoms with E-state index >= 15 is 0 Å². The Morgan fingerprint density at radius 1 is 0.895 bits per heavy atom. The normalized spacial score (nSPS) is 12.5. The Morgan fingerprint density at radius 3 is 2.53 bits per heavy atom. The van der Waals surface area contributed by atoms with E-state index in [-0.39, 0.29) is 0 Å². The summed E-state index contributed by atoms with van der Waals surface area (Å²) >= 11 is 0. The molecule has 0 amide bonds. The van der Waals surface area contributed by atoms with Crippen molar-refractivity contribution < 1.29 is 5.11 Å². The quantitative estimate of drug-likeness (QED) is 0.687. The monoisotopic (exact) mass is 250 g/mol. The second-order valence-corrected chi connectivity index (χ2v) is 4.45. The number of para-hydroxylation sites is 1. The molecule has 0 radical (unpaired) electrons. The van der Waals surface area contributed by atoms with Gasteiger partial charge in [-0.25, -0.2) is 0 Å². The first-order chi connectivity index (χ1) is 9.27. The van der Waals surface area contributed by atoms with Crippen LogP contribution in [0.2, 0.25) is 0 Å². The molecule has 1 heterocycles. The van der Waals surface area contributed by atoms with Gasteiger partial charge in [0.05, 0.1) is 5.52 Å². The molecule has 3 heteroatoms. The molecule has 1 atom stereocenters. The van der Waals surface area contributed by atoms with E-state index in [1.165, 1.54) is 0 Å². The Balaban J connectivity index is 2.17. The van der Waals surface area contributed by atoms with Crippen LogP contribution in [0.25, 0.3) is 10.9 Å². The summed E-state index contributed by atoms with van der Waals surface area (Å²) in [7, 11) is 0. The minimum Gasteiger partial charge on any atom is -0.398 e. The van der Waals surface area contributed by atoms with Crippen LogP contribution in [0.5, 0.6) is 0 Å². The van der Waals surface area contributed by atoms with Crippen molar-refractivity contribution in [3.8, 4) is 0 Å². The molecular weight excluding hydrogens is 236 g/mol. The Kier molecular flexibility index (Phi) is 2.89. The molecular formula is C16H14N2O. The Labute approximate surface area is 111 Å². The third-order valence-corrected chi connectivity index (χ3v) is 3.26. The number of hydrogen-bond donors (Lipinski definition) is 2. The number of nitrogen functional groups attached to an aromatic ring is 1. The molecule has 94 valence electrons. The highest BCUT2D eigenvalue weighted by Crippen LogP contribution is 2.30. The third kappa shape index (κ3) is 2.04. The van der Waals surface area contributed by atoms with Crippen molar-refractivity contribution in [1.29, 1.82) is 0 Å². The molecule has 0 fully saturated rings. The van der Waals surface area contributed by atoms with E-state index < -0.39 is 6.10 Å². The number of nitrogens with two attached hydrogens (primary N) is 1. The lowest BCUT2D eigenvalue weighted by molar-refractivity contribution is 0.222. The van der Waals surface area contributed by atoms with Gasteiger partial charge in [-0.3, -0.25) is 4.98 Å². The van der Waals surface area contributed by atoms with Gasteiger partial charge in [0.15, 0.2) is 0 Å². The van der Waals surface area contributed by atoms with E-state index in [9.17, 15) is 5.11 Å². The number of benzene rings is 2. The molecule has 3 nitrogen and oxygen atoms in total. The number of aromatic nitrogens is 1. The molecule has 3 N–H and O–H groups in total. The number of nitrogens with zero attached hydrogens (tertiary/aromatic N) is 1. The molecule has 0 saturated heterocycles. The summed E-state index contributed by atoms with van der Waals surface area (Å²) in [5, 5.41) is 11.5. The van der Waals surface area contributed by atoms with E-state index in [1.54, 1.807) is 12.3 Å². The van der Waals surface area contributed by atoms with Crippen molar-refractivity contribution in [2.75, 3.05) is 5.73 Å². The summed E-state index contributed by atoms with van der Waals surface area (Å²) in [6, 6.07) is 16.9. The lowest BCUT2D eigenvalue weighted by Crippen LogP contribution is -2.04. The number of aliphatic hydroxyl groups excluding tert-OH is 1. The molecule has 0 bridgehead atoms. The molecule has 0 aliphatic rings. The number of anilines is 1. The van der Waals surface area contributed by atoms with Crippen molar-refractivity contribution in [3.05, 3.63) is 71.9 Å². The van der Waals surface area contributed by atoms with Gasteiger partial charge in [-0.1, -0.05) is 36.4 Å². The highest BCUT2D eigenvalue weighted by molar-refractivity contribution is 5.83. The van der Waals surface area contributed by atoms with Gasteiger partial charge in [-0.2, -0.15) is 0 Å². The summed E-state index contributed by atoms with van der Waals surface area (Å²) in [6.45, 7) is 0. The number of aliphatic hydroxyl groups is 1. The zero-order valence-electron chi connectivity index (χ0n) is 10.3. The SMILES string of the molecule is Nc1ccccc1C(O)c1cccc2ncccc12. The number of rotatable bonds is 2. The van der Waals surface area contributed by atoms with E-state index in [0.29, 0.717) is 5.69 Å². The third-order valence-electron chi connectivity index (χ3n) is 3.26. The first kappa shape index (κ1) is 11.7. The van der Waals surface area contributed by atoms with E-state index in [0.717, 1.165) is 22.0 Å². The average Bonchev–Trinajstić information content (AvgIpc) is 2.46. The van der Waals surface area contributed by atoms with Crippen LogP contribution in [0.3, 0.4) is 0 Å². The predicted molar refractivity (Wildman–Crippen MR) is 76.7 cm³/mol. The minimum absolute atomic E-state index is 0.593. The zero-order chi connectivity index (χ0) is 13.2. The first-order valence-electron chi connectivity index (χ1n) is 6.13. The van der Waals surface area contributed by atoms with Crippen molar-refractivity contribution in [3.63, 3.8) is 0 Å². The van der Waals surface area contributed by atoms with E-state index in [4.69, 9.17) is 5.73 Å². The van der Waals surface area contributed by atoms with Gasteiger partial charge in [0, 0.05) is 22.8 Å². The van der Waals surface area contributed by atoms with Crippen LogP contribution in [-0.2, 0) is 0 Å². The van der Waals surface area contributed by atoms with Gasteiger partial charge in [0.25, 0.3) is 0 Å². The molecule has 19 heavy (non-hydrogen) atoms. The summed E-state index contributed by atoms with van der Waals surface area (Å²) in [4.78, 5) is 4.30. The summed E-state index contributed by atoms with van der Waals surface area (Å²) < 4.78 is 0. The van der Waals surface area contributed by atoms with Crippen LogP contribution >= 0.6 is 0 Å². The van der Waals surface area contributed by atoms with Gasteiger partial charge in [-0.05, 0) is 23.8 Å². The van der Waals surface area contributed by atoms with Gasteiger partial charge in [0.1, 0.15) is 6.10 Å². The first-order valence-corrected chi connectivity index (χ1v) is 6.13. The maximum absolute atomic E-state index is 10.6. The molecule has 3 rings (SSSR count). The Bertz CT molecular complexity index is 719. The second kappa shape index (κ2) is 4.71. The molecule has 2 aromatic carbocycles. The number of pyridine rings is 1. The van der Waals surface area contributed by atoms with Gasteiger partial charge in [-0.15, -0.1) is 0 Å². The Hall–Kier alpha value is -2.39. The van der Waals surface area contributed by atoms with Crippen LogP contribution in [0.4, 0.5) is 5.69 Å². The van der Waals surface area contributed by atoms with Crippen LogP contribution < -0.4 is 5.73 Å². The molecule has 3 aromatic rings. The van der Waals surface area contributed by atoms with Crippen molar-refractivity contribution in [1.82, 2.24) is 4.98 Å². The summed E-state index contributed by atoms with van der Waals surface area (Å²) in [5.41, 5.74) is 8.93. The standard InChI is InChI=1S/C16H14N2O/c17-14-8-2-1-5-13(14)16(19)12-6-3-9-15-11(12)7-4-10-18-15/h1-10,16,19H,17H2. The molecule has 0 aliphatic heterocycles. The van der Waals surface area contributed by atoms with Gasteiger partial charge in [0.2, 0.25) is 0 Å². The fourth-order valence-electron chi connectivity index (χ4n) is 2.29.